The highest BCUT2D eigenvalue weighted by Gasteiger charge is 2.28. The number of allylic oxidation sites excluding steroid dienone is 1. The van der Waals surface area contributed by atoms with Gasteiger partial charge in [0.1, 0.15) is 5.82 Å². The lowest BCUT2D eigenvalue weighted by Gasteiger charge is -1.99. The van der Waals surface area contributed by atoms with Crippen LogP contribution in [0.2, 0.25) is 0 Å². The smallest absolute Gasteiger partial charge is 0.189 e. The average molecular weight is 325 g/mol. The summed E-state index contributed by atoms with van der Waals surface area (Å²) in [6.45, 7) is 0. The molecule has 0 amide bonds. The van der Waals surface area contributed by atoms with Crippen molar-refractivity contribution in [3.63, 3.8) is 0 Å². The van der Waals surface area contributed by atoms with Crippen molar-refractivity contribution >= 4 is 39.3 Å². The lowest BCUT2D eigenvalue weighted by atomic mass is 10.1. The summed E-state index contributed by atoms with van der Waals surface area (Å²) in [6, 6.07) is 3.03. The number of Topliss-reactive ketones (excluding diaryl/α,β-unsaturated/α-hetero) is 1. The Balaban J connectivity index is 2.07. The van der Waals surface area contributed by atoms with Crippen LogP contribution in [0.3, 0.4) is 0 Å². The first-order valence-corrected chi connectivity index (χ1v) is 6.78. The molecule has 0 aliphatic heterocycles. The number of rotatable bonds is 1. The van der Waals surface area contributed by atoms with E-state index in [9.17, 15) is 9.18 Å². The maximum atomic E-state index is 13.7. The van der Waals surface area contributed by atoms with Crippen LogP contribution in [0.25, 0.3) is 6.08 Å². The molecule has 3 rings (SSSR count). The van der Waals surface area contributed by atoms with E-state index >= 15 is 0 Å². The van der Waals surface area contributed by atoms with Crippen LogP contribution in [-0.4, -0.2) is 15.4 Å². The minimum atomic E-state index is -0.354. The fraction of sp³-hybridized carbons (Fsp3) is 0.0833. The molecule has 6 heteroatoms. The van der Waals surface area contributed by atoms with E-state index in [0.717, 1.165) is 0 Å². The zero-order valence-electron chi connectivity index (χ0n) is 8.98. The number of hydrogen-bond donors (Lipinski definition) is 0. The third kappa shape index (κ3) is 1.91. The number of carbonyl (C=O) groups is 1. The molecule has 2 aromatic rings. The van der Waals surface area contributed by atoms with Gasteiger partial charge in [-0.1, -0.05) is 20.4 Å². The first kappa shape index (κ1) is 11.7. The summed E-state index contributed by atoms with van der Waals surface area (Å²) in [5.41, 5.74) is 2.07. The molecule has 1 aromatic heterocycles. The van der Waals surface area contributed by atoms with E-state index in [-0.39, 0.29) is 11.6 Å². The van der Waals surface area contributed by atoms with Crippen LogP contribution in [-0.2, 0) is 6.42 Å². The molecule has 1 aromatic carbocycles. The normalized spacial score (nSPS) is 16.3. The Morgan fingerprint density at radius 2 is 2.28 bits per heavy atom. The van der Waals surface area contributed by atoms with Crippen LogP contribution >= 0.6 is 27.5 Å². The van der Waals surface area contributed by atoms with E-state index in [0.29, 0.717) is 33.3 Å². The van der Waals surface area contributed by atoms with Gasteiger partial charge in [-0.3, -0.25) is 4.79 Å². The van der Waals surface area contributed by atoms with Crippen LogP contribution in [0.1, 0.15) is 21.6 Å². The van der Waals surface area contributed by atoms with Crippen molar-refractivity contribution in [3.05, 3.63) is 50.2 Å². The summed E-state index contributed by atoms with van der Waals surface area (Å²) in [7, 11) is 0. The van der Waals surface area contributed by atoms with Gasteiger partial charge in [-0.25, -0.2) is 4.39 Å². The summed E-state index contributed by atoms with van der Waals surface area (Å²) in [6.07, 6.45) is 1.98. The van der Waals surface area contributed by atoms with E-state index in [1.165, 1.54) is 17.6 Å². The van der Waals surface area contributed by atoms with E-state index < -0.39 is 0 Å². The van der Waals surface area contributed by atoms with Gasteiger partial charge in [-0.2, -0.15) is 0 Å². The molecule has 0 saturated heterocycles. The van der Waals surface area contributed by atoms with E-state index in [1.54, 1.807) is 17.5 Å². The second kappa shape index (κ2) is 4.37. The molecular formula is C12H6BrFN2OS. The van der Waals surface area contributed by atoms with Crippen molar-refractivity contribution < 1.29 is 9.18 Å². The quantitative estimate of drug-likeness (QED) is 0.756. The van der Waals surface area contributed by atoms with Gasteiger partial charge in [-0.05, 0) is 29.7 Å². The number of hydrogen-bond acceptors (Lipinski definition) is 4. The van der Waals surface area contributed by atoms with Crippen molar-refractivity contribution in [2.75, 3.05) is 0 Å². The van der Waals surface area contributed by atoms with Crippen molar-refractivity contribution in [3.8, 4) is 0 Å². The summed E-state index contributed by atoms with van der Waals surface area (Å²) in [5.74, 6) is -0.495. The number of benzene rings is 1. The molecule has 1 heterocycles. The van der Waals surface area contributed by atoms with Crippen LogP contribution in [0.15, 0.2) is 27.6 Å². The highest BCUT2D eigenvalue weighted by Crippen LogP contribution is 2.32. The summed E-state index contributed by atoms with van der Waals surface area (Å²) < 4.78 is 18.0. The third-order valence-electron chi connectivity index (χ3n) is 2.76. The Hall–Kier alpha value is -1.40. The Morgan fingerprint density at radius 3 is 3.00 bits per heavy atom. The molecule has 0 fully saturated rings. The Kier molecular flexibility index (Phi) is 2.83. The standard InChI is InChI=1S/C12H6BrFN2OS/c13-7-3-10-9(11(14)4-7)2-6(12(10)17)1-8-5-18-16-15-8/h1,3-5H,2H2/b6-1+. The molecule has 3 nitrogen and oxygen atoms in total. The van der Waals surface area contributed by atoms with Gasteiger partial charge < -0.3 is 0 Å². The van der Waals surface area contributed by atoms with Crippen molar-refractivity contribution in [2.24, 2.45) is 0 Å². The first-order chi connectivity index (χ1) is 8.65. The average Bonchev–Trinajstić information content (AvgIpc) is 2.91. The zero-order chi connectivity index (χ0) is 12.7. The lowest BCUT2D eigenvalue weighted by Crippen LogP contribution is -1.95. The van der Waals surface area contributed by atoms with Gasteiger partial charge in [0, 0.05) is 33.0 Å². The molecule has 90 valence electrons. The largest absolute Gasteiger partial charge is 0.289 e. The molecule has 1 aliphatic rings. The molecule has 1 aliphatic carbocycles. The molecule has 0 spiro atoms. The fourth-order valence-corrected chi connectivity index (χ4v) is 2.80. The van der Waals surface area contributed by atoms with Crippen molar-refractivity contribution in [2.45, 2.75) is 6.42 Å². The first-order valence-electron chi connectivity index (χ1n) is 5.15. The topological polar surface area (TPSA) is 42.9 Å². The number of carbonyl (C=O) groups excluding carboxylic acids is 1. The van der Waals surface area contributed by atoms with Crippen LogP contribution in [0.5, 0.6) is 0 Å². The van der Waals surface area contributed by atoms with Gasteiger partial charge in [-0.15, -0.1) is 5.10 Å². The number of halogens is 2. The van der Waals surface area contributed by atoms with Crippen LogP contribution < -0.4 is 0 Å². The predicted molar refractivity (Wildman–Crippen MR) is 70.0 cm³/mol. The molecule has 0 radical (unpaired) electrons. The number of nitrogens with zero attached hydrogens (tertiary/aromatic N) is 2. The minimum absolute atomic E-state index is 0.141. The Labute approximate surface area is 115 Å². The third-order valence-corrected chi connectivity index (χ3v) is 3.74. The molecule has 0 unspecified atom stereocenters. The monoisotopic (exact) mass is 324 g/mol. The summed E-state index contributed by atoms with van der Waals surface area (Å²) in [5, 5.41) is 5.60. The highest BCUT2D eigenvalue weighted by atomic mass is 79.9. The predicted octanol–water partition coefficient (Wildman–Crippen LogP) is 3.26. The fourth-order valence-electron chi connectivity index (χ4n) is 1.96. The molecule has 0 atom stereocenters. The number of aromatic nitrogens is 2. The lowest BCUT2D eigenvalue weighted by molar-refractivity contribution is 0.104. The van der Waals surface area contributed by atoms with Gasteiger partial charge in [0.25, 0.3) is 0 Å². The van der Waals surface area contributed by atoms with Crippen LogP contribution in [0, 0.1) is 5.82 Å². The van der Waals surface area contributed by atoms with Gasteiger partial charge >= 0.3 is 0 Å². The number of ketones is 1. The molecule has 18 heavy (non-hydrogen) atoms. The van der Waals surface area contributed by atoms with E-state index in [2.05, 4.69) is 25.5 Å². The van der Waals surface area contributed by atoms with E-state index in [1.807, 2.05) is 0 Å². The van der Waals surface area contributed by atoms with Gasteiger partial charge in [0.2, 0.25) is 0 Å². The van der Waals surface area contributed by atoms with Crippen molar-refractivity contribution in [1.29, 1.82) is 0 Å². The highest BCUT2D eigenvalue weighted by molar-refractivity contribution is 9.10. The van der Waals surface area contributed by atoms with Crippen molar-refractivity contribution in [1.82, 2.24) is 9.59 Å². The van der Waals surface area contributed by atoms with Gasteiger partial charge in [0.15, 0.2) is 5.78 Å². The molecular weight excluding hydrogens is 319 g/mol. The van der Waals surface area contributed by atoms with Crippen LogP contribution in [0.4, 0.5) is 4.39 Å². The maximum Gasteiger partial charge on any atom is 0.189 e. The number of fused-ring (bicyclic) bond motifs is 1. The Morgan fingerprint density at radius 1 is 1.44 bits per heavy atom. The minimum Gasteiger partial charge on any atom is -0.289 e. The maximum absolute atomic E-state index is 13.7. The molecule has 0 N–H and O–H groups in total. The second-order valence-corrected chi connectivity index (χ2v) is 5.44. The molecule has 0 bridgehead atoms. The summed E-state index contributed by atoms with van der Waals surface area (Å²) in [4.78, 5) is 12.1. The Bertz CT molecular complexity index is 667. The summed E-state index contributed by atoms with van der Waals surface area (Å²) >= 11 is 4.41. The second-order valence-electron chi connectivity index (χ2n) is 3.92. The zero-order valence-corrected chi connectivity index (χ0v) is 11.4. The molecule has 0 saturated carbocycles. The van der Waals surface area contributed by atoms with E-state index in [4.69, 9.17) is 0 Å². The SMILES string of the molecule is O=C1/C(=C/c2csnn2)Cc2c(F)cc(Br)cc21. The van der Waals surface area contributed by atoms with Gasteiger partial charge in [0.05, 0.1) is 5.69 Å².